The first-order valence-electron chi connectivity index (χ1n) is 9.23. The van der Waals surface area contributed by atoms with Gasteiger partial charge in [-0.05, 0) is 18.2 Å². The van der Waals surface area contributed by atoms with Crippen molar-refractivity contribution in [3.05, 3.63) is 69.3 Å². The zero-order chi connectivity index (χ0) is 22.6. The highest BCUT2D eigenvalue weighted by Crippen LogP contribution is 2.29. The number of rotatable bonds is 7. The Morgan fingerprint density at radius 3 is 2.17 bits per heavy atom. The van der Waals surface area contributed by atoms with Crippen LogP contribution in [0.4, 0.5) is 11.4 Å². The van der Waals surface area contributed by atoms with Gasteiger partial charge in [0.25, 0.3) is 5.69 Å². The van der Waals surface area contributed by atoms with Crippen LogP contribution in [0.25, 0.3) is 0 Å². The predicted molar refractivity (Wildman–Crippen MR) is 112 cm³/mol. The molecule has 8 nitrogen and oxygen atoms in total. The highest BCUT2D eigenvalue weighted by molar-refractivity contribution is 6.15. The van der Waals surface area contributed by atoms with Crippen LogP contribution in [0.5, 0.6) is 0 Å². The van der Waals surface area contributed by atoms with Crippen molar-refractivity contribution >= 4 is 28.9 Å². The van der Waals surface area contributed by atoms with E-state index >= 15 is 0 Å². The quantitative estimate of drug-likeness (QED) is 0.296. The van der Waals surface area contributed by atoms with E-state index in [1.165, 1.54) is 30.3 Å². The zero-order valence-electron chi connectivity index (χ0n) is 17.6. The summed E-state index contributed by atoms with van der Waals surface area (Å²) in [5, 5.41) is 11.4. The van der Waals surface area contributed by atoms with Crippen LogP contribution in [0.1, 0.15) is 47.1 Å². The van der Waals surface area contributed by atoms with Crippen LogP contribution in [0.2, 0.25) is 0 Å². The Labute approximate surface area is 174 Å². The van der Waals surface area contributed by atoms with Crippen LogP contribution >= 0.6 is 0 Å². The third-order valence-corrected chi connectivity index (χ3v) is 4.48. The first kappa shape index (κ1) is 22.7. The van der Waals surface area contributed by atoms with Crippen LogP contribution in [0.15, 0.2) is 42.5 Å². The smallest absolute Gasteiger partial charge is 0.339 e. The Kier molecular flexibility index (Phi) is 6.71. The van der Waals surface area contributed by atoms with E-state index in [1.54, 1.807) is 51.9 Å². The first-order chi connectivity index (χ1) is 13.9. The number of ether oxygens (including phenoxy) is 1. The van der Waals surface area contributed by atoms with Gasteiger partial charge >= 0.3 is 5.97 Å². The predicted octanol–water partition coefficient (Wildman–Crippen LogP) is 3.66. The van der Waals surface area contributed by atoms with Gasteiger partial charge in [0.2, 0.25) is 0 Å². The molecular formula is C22H24N2O6. The summed E-state index contributed by atoms with van der Waals surface area (Å²) in [6.07, 6.45) is 0. The maximum absolute atomic E-state index is 13.0. The standard InChI is InChI=1S/C22H24N2O6/c1-22(2,3)19(25)13-30-21(27)16-9-7-6-8-15(16)20(26)14-10-11-17(23(4)5)18(12-14)24(28)29/h6-12H,13H2,1-5H3. The molecule has 0 aromatic heterocycles. The summed E-state index contributed by atoms with van der Waals surface area (Å²) in [7, 11) is 3.32. The number of nitrogens with zero attached hydrogens (tertiary/aromatic N) is 2. The molecule has 0 bridgehead atoms. The number of benzene rings is 2. The van der Waals surface area contributed by atoms with E-state index in [1.807, 2.05) is 0 Å². The number of nitro groups is 1. The van der Waals surface area contributed by atoms with E-state index < -0.39 is 28.7 Å². The van der Waals surface area contributed by atoms with Gasteiger partial charge in [-0.25, -0.2) is 4.79 Å². The lowest BCUT2D eigenvalue weighted by Gasteiger charge is -2.16. The number of anilines is 1. The summed E-state index contributed by atoms with van der Waals surface area (Å²) in [6, 6.07) is 10.1. The topological polar surface area (TPSA) is 107 Å². The van der Waals surface area contributed by atoms with Crippen molar-refractivity contribution in [3.63, 3.8) is 0 Å². The van der Waals surface area contributed by atoms with Crippen molar-refractivity contribution in [1.29, 1.82) is 0 Å². The molecule has 0 amide bonds. The third kappa shape index (κ3) is 5.08. The van der Waals surface area contributed by atoms with Gasteiger partial charge in [-0.1, -0.05) is 39.0 Å². The minimum absolute atomic E-state index is 0.0106. The van der Waals surface area contributed by atoms with Crippen molar-refractivity contribution in [2.24, 2.45) is 5.41 Å². The molecule has 0 aliphatic rings. The van der Waals surface area contributed by atoms with Crippen LogP contribution in [0.3, 0.4) is 0 Å². The Bertz CT molecular complexity index is 1000. The van der Waals surface area contributed by atoms with Gasteiger partial charge in [0.1, 0.15) is 5.69 Å². The molecule has 158 valence electrons. The van der Waals surface area contributed by atoms with Crippen LogP contribution in [-0.4, -0.2) is 43.2 Å². The summed E-state index contributed by atoms with van der Waals surface area (Å²) >= 11 is 0. The molecule has 0 aliphatic carbocycles. The van der Waals surface area contributed by atoms with E-state index in [0.29, 0.717) is 5.69 Å². The Balaban J connectivity index is 2.36. The lowest BCUT2D eigenvalue weighted by Crippen LogP contribution is -2.26. The fraction of sp³-hybridized carbons (Fsp3) is 0.318. The summed E-state index contributed by atoms with van der Waals surface area (Å²) in [5.74, 6) is -1.62. The lowest BCUT2D eigenvalue weighted by molar-refractivity contribution is -0.384. The molecule has 0 saturated heterocycles. The average molecular weight is 412 g/mol. The molecule has 0 atom stereocenters. The maximum Gasteiger partial charge on any atom is 0.339 e. The normalized spacial score (nSPS) is 11.0. The fourth-order valence-corrected chi connectivity index (χ4v) is 2.63. The molecule has 0 saturated carbocycles. The van der Waals surface area contributed by atoms with Gasteiger partial charge in [0.05, 0.1) is 10.5 Å². The molecule has 2 aromatic carbocycles. The summed E-state index contributed by atoms with van der Waals surface area (Å²) in [6.45, 7) is 4.73. The number of Topliss-reactive ketones (excluding diaryl/α,β-unsaturated/α-hetero) is 1. The second-order valence-corrected chi connectivity index (χ2v) is 7.98. The number of ketones is 2. The fourth-order valence-electron chi connectivity index (χ4n) is 2.63. The molecule has 30 heavy (non-hydrogen) atoms. The van der Waals surface area contributed by atoms with Crippen LogP contribution < -0.4 is 4.90 Å². The minimum Gasteiger partial charge on any atom is -0.454 e. The second-order valence-electron chi connectivity index (χ2n) is 7.98. The SMILES string of the molecule is CN(C)c1ccc(C(=O)c2ccccc2C(=O)OCC(=O)C(C)(C)C)cc1[N+](=O)[O-]. The van der Waals surface area contributed by atoms with Gasteiger partial charge in [-0.15, -0.1) is 0 Å². The molecule has 2 aromatic rings. The molecule has 0 radical (unpaired) electrons. The second kappa shape index (κ2) is 8.86. The summed E-state index contributed by atoms with van der Waals surface area (Å²) < 4.78 is 5.10. The molecule has 0 unspecified atom stereocenters. The average Bonchev–Trinajstić information content (AvgIpc) is 2.69. The Morgan fingerprint density at radius 2 is 1.63 bits per heavy atom. The number of carbonyl (C=O) groups excluding carboxylic acids is 3. The number of hydrogen-bond donors (Lipinski definition) is 0. The van der Waals surface area contributed by atoms with Crippen molar-refractivity contribution in [1.82, 2.24) is 0 Å². The van der Waals surface area contributed by atoms with Gasteiger partial charge in [-0.2, -0.15) is 0 Å². The van der Waals surface area contributed by atoms with E-state index in [2.05, 4.69) is 0 Å². The number of nitro benzene ring substituents is 1. The maximum atomic E-state index is 13.0. The third-order valence-electron chi connectivity index (χ3n) is 4.48. The highest BCUT2D eigenvalue weighted by Gasteiger charge is 2.26. The number of carbonyl (C=O) groups is 3. The van der Waals surface area contributed by atoms with E-state index in [-0.39, 0.29) is 28.2 Å². The van der Waals surface area contributed by atoms with Crippen LogP contribution in [-0.2, 0) is 9.53 Å². The number of esters is 1. The lowest BCUT2D eigenvalue weighted by atomic mass is 9.91. The summed E-state index contributed by atoms with van der Waals surface area (Å²) in [5.41, 5.74) is -0.436. The van der Waals surface area contributed by atoms with Crippen LogP contribution in [0, 0.1) is 15.5 Å². The molecule has 8 heteroatoms. The molecular weight excluding hydrogens is 388 g/mol. The molecule has 2 rings (SSSR count). The zero-order valence-corrected chi connectivity index (χ0v) is 17.6. The Hall–Kier alpha value is -3.55. The first-order valence-corrected chi connectivity index (χ1v) is 9.23. The largest absolute Gasteiger partial charge is 0.454 e. The monoisotopic (exact) mass is 412 g/mol. The molecule has 0 heterocycles. The van der Waals surface area contributed by atoms with Gasteiger partial charge < -0.3 is 9.64 Å². The summed E-state index contributed by atoms with van der Waals surface area (Å²) in [4.78, 5) is 50.0. The molecule has 0 fully saturated rings. The van der Waals surface area contributed by atoms with Crippen molar-refractivity contribution in [2.45, 2.75) is 20.8 Å². The minimum atomic E-state index is -0.809. The highest BCUT2D eigenvalue weighted by atomic mass is 16.6. The molecule has 0 N–H and O–H groups in total. The molecule has 0 spiro atoms. The van der Waals surface area contributed by atoms with Crippen molar-refractivity contribution < 1.29 is 24.0 Å². The van der Waals surface area contributed by atoms with E-state index in [9.17, 15) is 24.5 Å². The van der Waals surface area contributed by atoms with Crippen molar-refractivity contribution in [3.8, 4) is 0 Å². The van der Waals surface area contributed by atoms with E-state index in [4.69, 9.17) is 4.74 Å². The van der Waals surface area contributed by atoms with Gasteiger partial charge in [0, 0.05) is 36.7 Å². The van der Waals surface area contributed by atoms with Gasteiger partial charge in [-0.3, -0.25) is 19.7 Å². The molecule has 0 aliphatic heterocycles. The Morgan fingerprint density at radius 1 is 1.03 bits per heavy atom. The van der Waals surface area contributed by atoms with Gasteiger partial charge in [0.15, 0.2) is 18.2 Å². The van der Waals surface area contributed by atoms with E-state index in [0.717, 1.165) is 0 Å². The van der Waals surface area contributed by atoms with Crippen molar-refractivity contribution in [2.75, 3.05) is 25.6 Å². The number of hydrogen-bond acceptors (Lipinski definition) is 7.